The summed E-state index contributed by atoms with van der Waals surface area (Å²) < 4.78 is 0. The molecule has 3 N–H and O–H groups in total. The molecule has 2 aromatic rings. The summed E-state index contributed by atoms with van der Waals surface area (Å²) in [6.07, 6.45) is 0. The number of anilines is 2. The van der Waals surface area contributed by atoms with Crippen molar-refractivity contribution in [2.24, 2.45) is 0 Å². The van der Waals surface area contributed by atoms with Crippen LogP contribution in [-0.4, -0.2) is 11.1 Å². The van der Waals surface area contributed by atoms with Gasteiger partial charge in [0.2, 0.25) is 0 Å². The highest BCUT2D eigenvalue weighted by molar-refractivity contribution is 6.35. The van der Waals surface area contributed by atoms with E-state index in [0.29, 0.717) is 27.0 Å². The molecule has 2 rings (SSSR count). The fraction of sp³-hybridized carbons (Fsp3) is 0.0714. The largest absolute Gasteiger partial charge is 0.508 e. The summed E-state index contributed by atoms with van der Waals surface area (Å²) in [5.41, 5.74) is 1.75. The topological polar surface area (TPSA) is 61.4 Å². The number of hydrogen-bond donors (Lipinski definition) is 3. The molecule has 0 saturated carbocycles. The van der Waals surface area contributed by atoms with E-state index in [1.54, 1.807) is 37.3 Å². The lowest BCUT2D eigenvalue weighted by Gasteiger charge is -2.09. The summed E-state index contributed by atoms with van der Waals surface area (Å²) in [7, 11) is 0. The van der Waals surface area contributed by atoms with Crippen LogP contribution in [0.25, 0.3) is 0 Å². The Bertz CT molecular complexity index is 639. The van der Waals surface area contributed by atoms with Crippen molar-refractivity contribution >= 4 is 40.6 Å². The third-order valence-electron chi connectivity index (χ3n) is 2.58. The predicted molar refractivity (Wildman–Crippen MR) is 81.9 cm³/mol. The van der Waals surface area contributed by atoms with E-state index in [1.165, 1.54) is 6.07 Å². The Labute approximate surface area is 126 Å². The van der Waals surface area contributed by atoms with Crippen LogP contribution in [0.2, 0.25) is 10.0 Å². The van der Waals surface area contributed by atoms with Crippen LogP contribution in [-0.2, 0) is 0 Å². The van der Waals surface area contributed by atoms with Gasteiger partial charge in [-0.3, -0.25) is 0 Å². The number of benzene rings is 2. The van der Waals surface area contributed by atoms with Crippen LogP contribution in [0.5, 0.6) is 5.75 Å². The molecule has 20 heavy (non-hydrogen) atoms. The molecule has 0 aromatic heterocycles. The second kappa shape index (κ2) is 6.03. The van der Waals surface area contributed by atoms with Crippen molar-refractivity contribution in [3.63, 3.8) is 0 Å². The Hall–Kier alpha value is -1.91. The zero-order chi connectivity index (χ0) is 14.7. The maximum absolute atomic E-state index is 11.8. The molecule has 0 aliphatic carbocycles. The summed E-state index contributed by atoms with van der Waals surface area (Å²) >= 11 is 11.7. The number of phenolic OH excluding ortho intramolecular Hbond substituents is 1. The lowest BCUT2D eigenvalue weighted by molar-refractivity contribution is 0.262. The lowest BCUT2D eigenvalue weighted by Crippen LogP contribution is -2.19. The molecule has 0 spiro atoms. The molecule has 0 saturated heterocycles. The first-order chi connectivity index (χ1) is 9.44. The molecule has 4 nitrogen and oxygen atoms in total. The van der Waals surface area contributed by atoms with Gasteiger partial charge in [-0.2, -0.15) is 0 Å². The van der Waals surface area contributed by atoms with E-state index in [1.807, 2.05) is 0 Å². The Morgan fingerprint density at radius 3 is 2.20 bits per heavy atom. The summed E-state index contributed by atoms with van der Waals surface area (Å²) in [5.74, 6) is 0.178. The van der Waals surface area contributed by atoms with E-state index in [4.69, 9.17) is 23.2 Å². The number of phenols is 1. The van der Waals surface area contributed by atoms with Gasteiger partial charge in [0.25, 0.3) is 0 Å². The molecule has 0 fully saturated rings. The van der Waals surface area contributed by atoms with Gasteiger partial charge in [-0.15, -0.1) is 0 Å². The molecule has 0 bridgehead atoms. The first-order valence-electron chi connectivity index (χ1n) is 5.78. The second-order valence-electron chi connectivity index (χ2n) is 4.24. The Kier molecular flexibility index (Phi) is 4.37. The number of hydrogen-bond acceptors (Lipinski definition) is 2. The van der Waals surface area contributed by atoms with Gasteiger partial charge in [0.1, 0.15) is 5.75 Å². The molecule has 0 heterocycles. The Morgan fingerprint density at radius 1 is 1.00 bits per heavy atom. The van der Waals surface area contributed by atoms with Crippen molar-refractivity contribution in [3.8, 4) is 5.75 Å². The van der Waals surface area contributed by atoms with E-state index in [-0.39, 0.29) is 5.75 Å². The van der Waals surface area contributed by atoms with Gasteiger partial charge in [0, 0.05) is 21.4 Å². The predicted octanol–water partition coefficient (Wildman–Crippen LogP) is 4.65. The second-order valence-corrected chi connectivity index (χ2v) is 5.11. The maximum atomic E-state index is 11.8. The number of aryl methyl sites for hydroxylation is 1. The highest BCUT2D eigenvalue weighted by atomic mass is 35.5. The van der Waals surface area contributed by atoms with Crippen LogP contribution >= 0.6 is 23.2 Å². The summed E-state index contributed by atoms with van der Waals surface area (Å²) in [6.45, 7) is 1.75. The molecule has 0 unspecified atom stereocenters. The fourth-order valence-corrected chi connectivity index (χ4v) is 2.18. The Balaban J connectivity index is 2.06. The van der Waals surface area contributed by atoms with Crippen LogP contribution < -0.4 is 10.6 Å². The number of halogens is 2. The van der Waals surface area contributed by atoms with Crippen molar-refractivity contribution in [1.82, 2.24) is 0 Å². The van der Waals surface area contributed by atoms with Gasteiger partial charge < -0.3 is 15.7 Å². The van der Waals surface area contributed by atoms with Crippen molar-refractivity contribution in [2.75, 3.05) is 10.6 Å². The standard InChI is InChI=1S/C14H12Cl2N2O2/c1-8-4-11(2-3-13(8)19)17-14(20)18-12-6-9(15)5-10(16)7-12/h2-7,19H,1H3,(H2,17,18,20). The summed E-state index contributed by atoms with van der Waals surface area (Å²) in [4.78, 5) is 11.8. The average molecular weight is 311 g/mol. The smallest absolute Gasteiger partial charge is 0.323 e. The number of rotatable bonds is 2. The number of carbonyl (C=O) groups is 1. The third kappa shape index (κ3) is 3.79. The normalized spacial score (nSPS) is 10.2. The van der Waals surface area contributed by atoms with Crippen LogP contribution in [0.3, 0.4) is 0 Å². The fourth-order valence-electron chi connectivity index (χ4n) is 1.65. The van der Waals surface area contributed by atoms with Crippen molar-refractivity contribution in [3.05, 3.63) is 52.0 Å². The van der Waals surface area contributed by atoms with Gasteiger partial charge in [-0.05, 0) is 48.9 Å². The van der Waals surface area contributed by atoms with Crippen LogP contribution in [0, 0.1) is 6.92 Å². The minimum absolute atomic E-state index is 0.178. The molecule has 0 aliphatic rings. The van der Waals surface area contributed by atoms with Gasteiger partial charge in [-0.25, -0.2) is 4.79 Å². The minimum atomic E-state index is -0.423. The van der Waals surface area contributed by atoms with Gasteiger partial charge in [-0.1, -0.05) is 23.2 Å². The van der Waals surface area contributed by atoms with E-state index < -0.39 is 6.03 Å². The van der Waals surface area contributed by atoms with Crippen molar-refractivity contribution in [1.29, 1.82) is 0 Å². The van der Waals surface area contributed by atoms with Crippen LogP contribution in [0.4, 0.5) is 16.2 Å². The summed E-state index contributed by atoms with van der Waals surface area (Å²) in [5, 5.41) is 15.6. The van der Waals surface area contributed by atoms with E-state index in [2.05, 4.69) is 10.6 Å². The first-order valence-corrected chi connectivity index (χ1v) is 6.53. The molecule has 6 heteroatoms. The Morgan fingerprint density at radius 2 is 1.60 bits per heavy atom. The lowest BCUT2D eigenvalue weighted by atomic mass is 10.2. The molecular formula is C14H12Cl2N2O2. The van der Waals surface area contributed by atoms with Crippen molar-refractivity contribution in [2.45, 2.75) is 6.92 Å². The van der Waals surface area contributed by atoms with Gasteiger partial charge >= 0.3 is 6.03 Å². The van der Waals surface area contributed by atoms with Gasteiger partial charge in [0.05, 0.1) is 0 Å². The molecule has 0 aliphatic heterocycles. The zero-order valence-corrected chi connectivity index (χ0v) is 12.1. The molecule has 0 atom stereocenters. The number of amides is 2. The quantitative estimate of drug-likeness (QED) is 0.707. The molecule has 2 aromatic carbocycles. The highest BCUT2D eigenvalue weighted by Gasteiger charge is 2.05. The van der Waals surface area contributed by atoms with Crippen LogP contribution in [0.1, 0.15) is 5.56 Å². The number of carbonyl (C=O) groups excluding carboxylic acids is 1. The van der Waals surface area contributed by atoms with E-state index in [9.17, 15) is 9.90 Å². The highest BCUT2D eigenvalue weighted by Crippen LogP contribution is 2.23. The number of aromatic hydroxyl groups is 1. The monoisotopic (exact) mass is 310 g/mol. The third-order valence-corrected chi connectivity index (χ3v) is 3.01. The average Bonchev–Trinajstić information content (AvgIpc) is 2.32. The molecule has 104 valence electrons. The van der Waals surface area contributed by atoms with E-state index >= 15 is 0 Å². The van der Waals surface area contributed by atoms with Gasteiger partial charge in [0.15, 0.2) is 0 Å². The number of urea groups is 1. The zero-order valence-electron chi connectivity index (χ0n) is 10.6. The maximum Gasteiger partial charge on any atom is 0.323 e. The molecular weight excluding hydrogens is 299 g/mol. The molecule has 2 amide bonds. The van der Waals surface area contributed by atoms with E-state index in [0.717, 1.165) is 0 Å². The summed E-state index contributed by atoms with van der Waals surface area (Å²) in [6, 6.07) is 9.13. The SMILES string of the molecule is Cc1cc(NC(=O)Nc2cc(Cl)cc(Cl)c2)ccc1O. The van der Waals surface area contributed by atoms with Crippen molar-refractivity contribution < 1.29 is 9.90 Å². The number of nitrogens with one attached hydrogen (secondary N) is 2. The molecule has 0 radical (unpaired) electrons. The minimum Gasteiger partial charge on any atom is -0.508 e. The van der Waals surface area contributed by atoms with Crippen LogP contribution in [0.15, 0.2) is 36.4 Å². The first kappa shape index (κ1) is 14.5.